The molecule has 1 amide bonds. The lowest BCUT2D eigenvalue weighted by molar-refractivity contribution is -0.117. The van der Waals surface area contributed by atoms with Gasteiger partial charge >= 0.3 is 5.69 Å². The van der Waals surface area contributed by atoms with Crippen molar-refractivity contribution in [2.75, 3.05) is 18.5 Å². The molecule has 1 aromatic carbocycles. The highest BCUT2D eigenvalue weighted by atomic mass is 35.5. The summed E-state index contributed by atoms with van der Waals surface area (Å²) in [6, 6.07) is 6.69. The van der Waals surface area contributed by atoms with E-state index in [1.807, 2.05) is 5.38 Å². The van der Waals surface area contributed by atoms with Gasteiger partial charge < -0.3 is 14.8 Å². The number of carbonyl (C=O) groups is 1. The molecule has 0 saturated heterocycles. The molecule has 0 spiro atoms. The predicted molar refractivity (Wildman–Crippen MR) is 94.6 cm³/mol. The lowest BCUT2D eigenvalue weighted by Crippen LogP contribution is -2.29. The van der Waals surface area contributed by atoms with Crippen LogP contribution in [0.4, 0.5) is 5.69 Å². The number of carbonyl (C=O) groups excluding carboxylic acids is 1. The fourth-order valence-electron chi connectivity index (χ4n) is 2.39. The molecule has 9 nitrogen and oxygen atoms in total. The Hall–Kier alpha value is -2.85. The summed E-state index contributed by atoms with van der Waals surface area (Å²) in [5, 5.41) is 12.9. The predicted octanol–water partition coefficient (Wildman–Crippen LogP) is 1.55. The van der Waals surface area contributed by atoms with Crippen LogP contribution >= 0.6 is 22.9 Å². The number of fused-ring (bicyclic) bond motifs is 1. The summed E-state index contributed by atoms with van der Waals surface area (Å²) in [4.78, 5) is 24.6. The third kappa shape index (κ3) is 3.16. The van der Waals surface area contributed by atoms with Crippen molar-refractivity contribution in [2.45, 2.75) is 6.54 Å². The van der Waals surface area contributed by atoms with Crippen molar-refractivity contribution in [2.24, 2.45) is 0 Å². The molecule has 3 aromatic rings. The van der Waals surface area contributed by atoms with Gasteiger partial charge in [-0.15, -0.1) is 11.3 Å². The van der Waals surface area contributed by atoms with E-state index in [0.29, 0.717) is 40.4 Å². The number of hydrogen-bond donors (Lipinski definition) is 1. The Balaban J connectivity index is 1.51. The third-order valence-electron chi connectivity index (χ3n) is 3.55. The Morgan fingerprint density at radius 2 is 2.04 bits per heavy atom. The molecule has 0 unspecified atom stereocenters. The van der Waals surface area contributed by atoms with Crippen LogP contribution in [0.1, 0.15) is 0 Å². The van der Waals surface area contributed by atoms with Gasteiger partial charge in [-0.05, 0) is 27.9 Å². The Kier molecular flexibility index (Phi) is 4.35. The van der Waals surface area contributed by atoms with E-state index >= 15 is 0 Å². The van der Waals surface area contributed by atoms with Gasteiger partial charge in [0.2, 0.25) is 5.91 Å². The van der Waals surface area contributed by atoms with Gasteiger partial charge in [-0.3, -0.25) is 4.79 Å². The number of ether oxygens (including phenoxy) is 2. The highest BCUT2D eigenvalue weighted by Crippen LogP contribution is 2.37. The fraction of sp³-hybridized carbons (Fsp3) is 0.200. The second-order valence-electron chi connectivity index (χ2n) is 5.31. The summed E-state index contributed by atoms with van der Waals surface area (Å²) in [7, 11) is 0. The molecule has 0 fully saturated rings. The minimum absolute atomic E-state index is 0.297. The van der Waals surface area contributed by atoms with Crippen molar-refractivity contribution < 1.29 is 14.3 Å². The minimum atomic E-state index is -0.504. The maximum absolute atomic E-state index is 12.3. The Morgan fingerprint density at radius 3 is 2.77 bits per heavy atom. The van der Waals surface area contributed by atoms with Crippen LogP contribution < -0.4 is 20.5 Å². The maximum atomic E-state index is 12.3. The van der Waals surface area contributed by atoms with E-state index in [2.05, 4.69) is 15.7 Å². The number of nitrogens with zero attached hydrogens (tertiary/aromatic N) is 4. The summed E-state index contributed by atoms with van der Waals surface area (Å²) in [5.74, 6) is 0.551. The standard InChI is InChI=1S/C15H12ClN5O4S/c16-9-6-11-12(25-4-3-24-11)7-10(9)17-13(22)8-20-15(23)21(19-18-20)14-2-1-5-26-14/h1-2,5-7H,3-4,8H2,(H,17,22). The van der Waals surface area contributed by atoms with Gasteiger partial charge in [-0.2, -0.15) is 9.36 Å². The smallest absolute Gasteiger partial charge is 0.369 e. The largest absolute Gasteiger partial charge is 0.486 e. The average molecular weight is 394 g/mol. The van der Waals surface area contributed by atoms with Crippen molar-refractivity contribution in [1.29, 1.82) is 0 Å². The van der Waals surface area contributed by atoms with Crippen LogP contribution in [-0.4, -0.2) is 38.9 Å². The molecule has 0 bridgehead atoms. The van der Waals surface area contributed by atoms with Crippen molar-refractivity contribution in [3.05, 3.63) is 45.2 Å². The second-order valence-corrected chi connectivity index (χ2v) is 6.64. The quantitative estimate of drug-likeness (QED) is 0.721. The van der Waals surface area contributed by atoms with Crippen LogP contribution in [0.25, 0.3) is 5.00 Å². The molecular formula is C15H12ClN5O4S. The van der Waals surface area contributed by atoms with Crippen molar-refractivity contribution >= 4 is 34.5 Å². The number of halogens is 1. The normalized spacial score (nSPS) is 12.8. The van der Waals surface area contributed by atoms with E-state index < -0.39 is 11.6 Å². The number of nitrogens with one attached hydrogen (secondary N) is 1. The first-order valence-corrected chi connectivity index (χ1v) is 8.83. The first-order chi connectivity index (χ1) is 12.6. The Labute approximate surface area is 155 Å². The summed E-state index contributed by atoms with van der Waals surface area (Å²) < 4.78 is 13.0. The second kappa shape index (κ2) is 6.81. The molecule has 4 rings (SSSR count). The van der Waals surface area contributed by atoms with E-state index in [1.165, 1.54) is 11.3 Å². The molecular weight excluding hydrogens is 382 g/mol. The summed E-state index contributed by atoms with van der Waals surface area (Å²) >= 11 is 7.51. The molecule has 11 heteroatoms. The van der Waals surface area contributed by atoms with Crippen LogP contribution in [0.5, 0.6) is 11.5 Å². The van der Waals surface area contributed by atoms with Gasteiger partial charge in [-0.25, -0.2) is 4.79 Å². The zero-order chi connectivity index (χ0) is 18.1. The Morgan fingerprint density at radius 1 is 1.27 bits per heavy atom. The number of thiophene rings is 1. The zero-order valence-electron chi connectivity index (χ0n) is 13.2. The van der Waals surface area contributed by atoms with Crippen LogP contribution in [-0.2, 0) is 11.3 Å². The van der Waals surface area contributed by atoms with E-state index in [0.717, 1.165) is 9.36 Å². The minimum Gasteiger partial charge on any atom is -0.486 e. The lowest BCUT2D eigenvalue weighted by atomic mass is 10.2. The van der Waals surface area contributed by atoms with Gasteiger partial charge in [0, 0.05) is 12.1 Å². The molecule has 1 N–H and O–H groups in total. The van der Waals surface area contributed by atoms with Gasteiger partial charge in [-0.1, -0.05) is 11.6 Å². The maximum Gasteiger partial charge on any atom is 0.369 e. The van der Waals surface area contributed by atoms with Gasteiger partial charge in [0.1, 0.15) is 24.8 Å². The molecule has 134 valence electrons. The molecule has 0 atom stereocenters. The van der Waals surface area contributed by atoms with Crippen LogP contribution in [0.15, 0.2) is 34.4 Å². The first-order valence-electron chi connectivity index (χ1n) is 7.57. The van der Waals surface area contributed by atoms with Crippen molar-refractivity contribution in [3.63, 3.8) is 0 Å². The molecule has 0 saturated carbocycles. The summed E-state index contributed by atoms with van der Waals surface area (Å²) in [6.45, 7) is 0.566. The molecule has 2 aromatic heterocycles. The van der Waals surface area contributed by atoms with Crippen LogP contribution in [0.3, 0.4) is 0 Å². The highest BCUT2D eigenvalue weighted by Gasteiger charge is 2.18. The molecule has 1 aliphatic heterocycles. The molecule has 0 aliphatic carbocycles. The number of benzene rings is 1. The number of hydrogen-bond acceptors (Lipinski definition) is 7. The first kappa shape index (κ1) is 16.6. The van der Waals surface area contributed by atoms with Crippen LogP contribution in [0.2, 0.25) is 5.02 Å². The summed E-state index contributed by atoms with van der Waals surface area (Å²) in [5.41, 5.74) is -0.143. The van der Waals surface area contributed by atoms with Crippen molar-refractivity contribution in [3.8, 4) is 16.5 Å². The number of aromatic nitrogens is 4. The summed E-state index contributed by atoms with van der Waals surface area (Å²) in [6.07, 6.45) is 0. The number of amides is 1. The SMILES string of the molecule is O=C(Cn1nnn(-c2cccs2)c1=O)Nc1cc2c(cc1Cl)OCCO2. The fourth-order valence-corrected chi connectivity index (χ4v) is 3.26. The van der Waals surface area contributed by atoms with Gasteiger partial charge in [0.15, 0.2) is 11.5 Å². The van der Waals surface area contributed by atoms with E-state index in [1.54, 1.807) is 24.3 Å². The van der Waals surface area contributed by atoms with Crippen molar-refractivity contribution in [1.82, 2.24) is 19.8 Å². The van der Waals surface area contributed by atoms with E-state index in [4.69, 9.17) is 21.1 Å². The Bertz CT molecular complexity index is 1010. The van der Waals surface area contributed by atoms with Crippen LogP contribution in [0, 0.1) is 0 Å². The average Bonchev–Trinajstić information content (AvgIpc) is 3.26. The number of anilines is 1. The zero-order valence-corrected chi connectivity index (χ0v) is 14.8. The van der Waals surface area contributed by atoms with E-state index in [-0.39, 0.29) is 6.54 Å². The van der Waals surface area contributed by atoms with Gasteiger partial charge in [0.05, 0.1) is 10.7 Å². The molecule has 1 aliphatic rings. The highest BCUT2D eigenvalue weighted by molar-refractivity contribution is 7.12. The number of rotatable bonds is 4. The molecule has 0 radical (unpaired) electrons. The van der Waals surface area contributed by atoms with E-state index in [9.17, 15) is 9.59 Å². The number of tetrazole rings is 1. The molecule has 3 heterocycles. The third-order valence-corrected chi connectivity index (χ3v) is 4.71. The molecule has 26 heavy (non-hydrogen) atoms. The topological polar surface area (TPSA) is 100 Å². The van der Waals surface area contributed by atoms with Gasteiger partial charge in [0.25, 0.3) is 0 Å². The lowest BCUT2D eigenvalue weighted by Gasteiger charge is -2.19. The monoisotopic (exact) mass is 393 g/mol.